The molecule has 6 heteroatoms. The van der Waals surface area contributed by atoms with Gasteiger partial charge in [-0.15, -0.1) is 0 Å². The third-order valence-corrected chi connectivity index (χ3v) is 4.49. The number of likely N-dealkylation sites (tertiary alicyclic amines) is 1. The van der Waals surface area contributed by atoms with Crippen LogP contribution < -0.4 is 9.64 Å². The molecule has 116 valence electrons. The molecule has 2 aliphatic rings. The summed E-state index contributed by atoms with van der Waals surface area (Å²) in [5, 5.41) is 9.42. The van der Waals surface area contributed by atoms with Crippen LogP contribution in [-0.4, -0.2) is 48.6 Å². The number of nitrogens with zero attached hydrogens (tertiary/aromatic N) is 4. The van der Waals surface area contributed by atoms with Crippen molar-refractivity contribution in [2.75, 3.05) is 31.6 Å². The van der Waals surface area contributed by atoms with Crippen molar-refractivity contribution in [3.63, 3.8) is 0 Å². The number of rotatable bonds is 3. The lowest BCUT2D eigenvalue weighted by molar-refractivity contribution is -0.129. The molecule has 1 aromatic rings. The lowest BCUT2D eigenvalue weighted by Crippen LogP contribution is -2.48. The van der Waals surface area contributed by atoms with E-state index in [1.54, 1.807) is 6.20 Å². The summed E-state index contributed by atoms with van der Waals surface area (Å²) < 4.78 is 5.19. The van der Waals surface area contributed by atoms with Crippen molar-refractivity contribution in [1.29, 1.82) is 5.26 Å². The van der Waals surface area contributed by atoms with Crippen molar-refractivity contribution in [1.82, 2.24) is 9.88 Å². The predicted molar refractivity (Wildman–Crippen MR) is 81.7 cm³/mol. The van der Waals surface area contributed by atoms with E-state index in [9.17, 15) is 10.1 Å². The van der Waals surface area contributed by atoms with Gasteiger partial charge in [0.15, 0.2) is 0 Å². The quantitative estimate of drug-likeness (QED) is 0.847. The summed E-state index contributed by atoms with van der Waals surface area (Å²) in [6, 6.07) is 4.30. The predicted octanol–water partition coefficient (Wildman–Crippen LogP) is 1.55. The van der Waals surface area contributed by atoms with Crippen molar-refractivity contribution in [3.05, 3.63) is 17.8 Å². The highest BCUT2D eigenvalue weighted by molar-refractivity contribution is 5.78. The summed E-state index contributed by atoms with van der Waals surface area (Å²) >= 11 is 0. The highest BCUT2D eigenvalue weighted by atomic mass is 16.5. The van der Waals surface area contributed by atoms with Crippen LogP contribution in [0.4, 0.5) is 5.69 Å². The number of piperidine rings is 1. The number of hydrogen-bond acceptors (Lipinski definition) is 5. The summed E-state index contributed by atoms with van der Waals surface area (Å²) in [7, 11) is 1.52. The van der Waals surface area contributed by atoms with Gasteiger partial charge in [-0.2, -0.15) is 5.26 Å². The Labute approximate surface area is 130 Å². The molecule has 0 bridgehead atoms. The summed E-state index contributed by atoms with van der Waals surface area (Å²) in [6.07, 6.45) is 5.35. The summed E-state index contributed by atoms with van der Waals surface area (Å²) in [4.78, 5) is 20.3. The lowest BCUT2D eigenvalue weighted by atomic mass is 10.0. The second kappa shape index (κ2) is 6.22. The van der Waals surface area contributed by atoms with E-state index >= 15 is 0 Å². The third kappa shape index (κ3) is 2.59. The zero-order chi connectivity index (χ0) is 15.5. The maximum absolute atomic E-state index is 12.0. The van der Waals surface area contributed by atoms with E-state index in [2.05, 4.69) is 16.0 Å². The highest BCUT2D eigenvalue weighted by Gasteiger charge is 2.32. The van der Waals surface area contributed by atoms with Gasteiger partial charge in [-0.25, -0.2) is 4.98 Å². The van der Waals surface area contributed by atoms with Gasteiger partial charge in [0.2, 0.25) is 11.8 Å². The minimum Gasteiger partial charge on any atom is -0.480 e. The van der Waals surface area contributed by atoms with Gasteiger partial charge in [0.1, 0.15) is 11.6 Å². The number of aromatic nitrogens is 1. The number of ether oxygens (including phenoxy) is 1. The molecule has 1 aromatic heterocycles. The second-order valence-electron chi connectivity index (χ2n) is 5.76. The molecule has 0 saturated carbocycles. The smallest absolute Gasteiger partial charge is 0.233 e. The van der Waals surface area contributed by atoms with Gasteiger partial charge >= 0.3 is 0 Å². The lowest BCUT2D eigenvalue weighted by Gasteiger charge is -2.39. The molecule has 22 heavy (non-hydrogen) atoms. The second-order valence-corrected chi connectivity index (χ2v) is 5.76. The molecule has 0 aliphatic carbocycles. The molecule has 2 aliphatic heterocycles. The van der Waals surface area contributed by atoms with Crippen LogP contribution in [0, 0.1) is 11.3 Å². The van der Waals surface area contributed by atoms with Crippen LogP contribution in [0.2, 0.25) is 0 Å². The molecule has 0 radical (unpaired) electrons. The Morgan fingerprint density at radius 2 is 2.27 bits per heavy atom. The standard InChI is InChI=1S/C16H20N4O2/c1-22-16-13(10-17)14(6-7-18-16)19-8-2-4-12(11-19)20-9-3-5-15(20)21/h6-7,12H,2-5,8-9,11H2,1H3. The molecule has 3 rings (SSSR count). The van der Waals surface area contributed by atoms with Gasteiger partial charge in [-0.3, -0.25) is 4.79 Å². The SMILES string of the molecule is COc1nccc(N2CCCC(N3CCCC3=O)C2)c1C#N. The zero-order valence-electron chi connectivity index (χ0n) is 12.8. The minimum atomic E-state index is 0.245. The molecule has 0 spiro atoms. The number of pyridine rings is 1. The maximum Gasteiger partial charge on any atom is 0.233 e. The van der Waals surface area contributed by atoms with Gasteiger partial charge in [0, 0.05) is 38.3 Å². The van der Waals surface area contributed by atoms with Crippen molar-refractivity contribution < 1.29 is 9.53 Å². The van der Waals surface area contributed by atoms with Crippen LogP contribution in [-0.2, 0) is 4.79 Å². The van der Waals surface area contributed by atoms with Crippen molar-refractivity contribution in [2.24, 2.45) is 0 Å². The Hall–Kier alpha value is -2.29. The van der Waals surface area contributed by atoms with Crippen molar-refractivity contribution >= 4 is 11.6 Å². The molecule has 0 aromatic carbocycles. The van der Waals surface area contributed by atoms with Gasteiger partial charge in [0.25, 0.3) is 0 Å². The number of carbonyl (C=O) groups excluding carboxylic acids is 1. The third-order valence-electron chi connectivity index (χ3n) is 4.49. The van der Waals surface area contributed by atoms with E-state index in [1.807, 2.05) is 11.0 Å². The van der Waals surface area contributed by atoms with E-state index in [0.717, 1.165) is 44.6 Å². The number of methoxy groups -OCH3 is 1. The average molecular weight is 300 g/mol. The largest absolute Gasteiger partial charge is 0.480 e. The van der Waals surface area contributed by atoms with Crippen LogP contribution in [0.1, 0.15) is 31.2 Å². The fraction of sp³-hybridized carbons (Fsp3) is 0.562. The summed E-state index contributed by atoms with van der Waals surface area (Å²) in [6.45, 7) is 2.52. The fourth-order valence-electron chi connectivity index (χ4n) is 3.44. The minimum absolute atomic E-state index is 0.245. The number of carbonyl (C=O) groups is 1. The Bertz CT molecular complexity index is 611. The Balaban J connectivity index is 1.83. The first-order valence-corrected chi connectivity index (χ1v) is 7.72. The Morgan fingerprint density at radius 1 is 1.41 bits per heavy atom. The van der Waals surface area contributed by atoms with Gasteiger partial charge in [-0.1, -0.05) is 0 Å². The van der Waals surface area contributed by atoms with E-state index < -0.39 is 0 Å². The fourth-order valence-corrected chi connectivity index (χ4v) is 3.44. The first-order valence-electron chi connectivity index (χ1n) is 7.72. The average Bonchev–Trinajstić information content (AvgIpc) is 3.00. The molecule has 2 saturated heterocycles. The van der Waals surface area contributed by atoms with Crippen LogP contribution in [0.3, 0.4) is 0 Å². The zero-order valence-corrected chi connectivity index (χ0v) is 12.8. The van der Waals surface area contributed by atoms with Crippen LogP contribution in [0.15, 0.2) is 12.3 Å². The molecular weight excluding hydrogens is 280 g/mol. The monoisotopic (exact) mass is 300 g/mol. The van der Waals surface area contributed by atoms with Gasteiger partial charge < -0.3 is 14.5 Å². The number of hydrogen-bond donors (Lipinski definition) is 0. The molecular formula is C16H20N4O2. The van der Waals surface area contributed by atoms with Crippen LogP contribution in [0.25, 0.3) is 0 Å². The number of nitriles is 1. The molecule has 3 heterocycles. The van der Waals surface area contributed by atoms with Crippen LogP contribution in [0.5, 0.6) is 5.88 Å². The number of amides is 1. The Kier molecular flexibility index (Phi) is 4.14. The topological polar surface area (TPSA) is 69.5 Å². The first-order chi connectivity index (χ1) is 10.7. The summed E-state index contributed by atoms with van der Waals surface area (Å²) in [5.74, 6) is 0.624. The molecule has 1 atom stereocenters. The first kappa shape index (κ1) is 14.6. The van der Waals surface area contributed by atoms with Gasteiger partial charge in [-0.05, 0) is 25.3 Å². The van der Waals surface area contributed by atoms with Gasteiger partial charge in [0.05, 0.1) is 12.8 Å². The molecule has 6 nitrogen and oxygen atoms in total. The highest BCUT2D eigenvalue weighted by Crippen LogP contribution is 2.30. The molecule has 0 N–H and O–H groups in total. The van der Waals surface area contributed by atoms with Crippen LogP contribution >= 0.6 is 0 Å². The van der Waals surface area contributed by atoms with Crippen molar-refractivity contribution in [3.8, 4) is 11.9 Å². The van der Waals surface area contributed by atoms with E-state index in [4.69, 9.17) is 4.74 Å². The van der Waals surface area contributed by atoms with E-state index in [0.29, 0.717) is 17.9 Å². The molecule has 1 unspecified atom stereocenters. The Morgan fingerprint density at radius 3 is 2.95 bits per heavy atom. The maximum atomic E-state index is 12.0. The van der Waals surface area contributed by atoms with E-state index in [-0.39, 0.29) is 11.9 Å². The normalized spacial score (nSPS) is 21.8. The number of anilines is 1. The van der Waals surface area contributed by atoms with Crippen molar-refractivity contribution in [2.45, 2.75) is 31.7 Å². The molecule has 1 amide bonds. The van der Waals surface area contributed by atoms with E-state index in [1.165, 1.54) is 7.11 Å². The summed E-state index contributed by atoms with van der Waals surface area (Å²) in [5.41, 5.74) is 1.32. The molecule has 2 fully saturated rings.